The van der Waals surface area contributed by atoms with Gasteiger partial charge in [0, 0.05) is 19.4 Å². The summed E-state index contributed by atoms with van der Waals surface area (Å²) >= 11 is 0. The third kappa shape index (κ3) is 4.45. The molecule has 0 radical (unpaired) electrons. The van der Waals surface area contributed by atoms with Gasteiger partial charge < -0.3 is 14.0 Å². The van der Waals surface area contributed by atoms with Gasteiger partial charge in [-0.25, -0.2) is 9.78 Å². The summed E-state index contributed by atoms with van der Waals surface area (Å²) in [5.41, 5.74) is 1.31. The van der Waals surface area contributed by atoms with Crippen molar-refractivity contribution in [2.45, 2.75) is 26.9 Å². The fourth-order valence-electron chi connectivity index (χ4n) is 2.13. The van der Waals surface area contributed by atoms with Crippen molar-refractivity contribution in [3.8, 4) is 5.75 Å². The molecule has 0 N–H and O–H groups in total. The van der Waals surface area contributed by atoms with Gasteiger partial charge in [0.15, 0.2) is 0 Å². The number of carbonyl (C=O) groups excluding carboxylic acids is 1. The maximum atomic E-state index is 12.2. The van der Waals surface area contributed by atoms with Gasteiger partial charge in [0.05, 0.1) is 12.7 Å². The molecule has 0 aliphatic carbocycles. The van der Waals surface area contributed by atoms with Crippen LogP contribution in [-0.4, -0.2) is 28.2 Å². The number of esters is 1. The van der Waals surface area contributed by atoms with Crippen molar-refractivity contribution in [2.75, 3.05) is 6.61 Å². The second-order valence-electron chi connectivity index (χ2n) is 5.38. The highest BCUT2D eigenvalue weighted by Crippen LogP contribution is 2.20. The van der Waals surface area contributed by atoms with Crippen LogP contribution in [0.15, 0.2) is 36.7 Å². The number of benzene rings is 1. The second kappa shape index (κ2) is 7.63. The Morgan fingerprint density at radius 3 is 2.52 bits per heavy atom. The number of hydrogen-bond acceptors (Lipinski definition) is 4. The van der Waals surface area contributed by atoms with Crippen molar-refractivity contribution < 1.29 is 14.3 Å². The van der Waals surface area contributed by atoms with E-state index in [2.05, 4.69) is 4.98 Å². The van der Waals surface area contributed by atoms with E-state index in [0.717, 1.165) is 11.3 Å². The summed E-state index contributed by atoms with van der Waals surface area (Å²) in [5.74, 6) is 0.988. The fraction of sp³-hybridized carbons (Fsp3) is 0.333. The number of rotatable bonds is 6. The Morgan fingerprint density at radius 1 is 1.30 bits per heavy atom. The van der Waals surface area contributed by atoms with Crippen molar-refractivity contribution in [3.63, 3.8) is 0 Å². The number of aromatic nitrogens is 2. The molecule has 0 aliphatic rings. The Balaban J connectivity index is 2.33. The number of imidazole rings is 1. The smallest absolute Gasteiger partial charge is 0.341 e. The molecular weight excluding hydrogens is 292 g/mol. The van der Waals surface area contributed by atoms with Crippen LogP contribution in [0.4, 0.5) is 0 Å². The van der Waals surface area contributed by atoms with Gasteiger partial charge in [0.1, 0.15) is 17.1 Å². The van der Waals surface area contributed by atoms with Crippen molar-refractivity contribution in [3.05, 3.63) is 48.0 Å². The number of ether oxygens (including phenoxy) is 2. The van der Waals surface area contributed by atoms with E-state index in [1.807, 2.05) is 45.2 Å². The molecule has 1 heterocycles. The average Bonchev–Trinajstić information content (AvgIpc) is 2.92. The zero-order chi connectivity index (χ0) is 16.8. The lowest BCUT2D eigenvalue weighted by Gasteiger charge is -2.10. The fourth-order valence-corrected chi connectivity index (χ4v) is 2.13. The van der Waals surface area contributed by atoms with E-state index in [9.17, 15) is 4.79 Å². The standard InChI is InChI=1S/C18H22N2O3/c1-5-22-18(21)16(17-19-10-11-20(17)4)12-14-6-8-15(9-7-14)23-13(2)3/h6-13H,5H2,1-4H3/b16-12-. The molecule has 5 heteroatoms. The predicted molar refractivity (Wildman–Crippen MR) is 89.9 cm³/mol. The van der Waals surface area contributed by atoms with Crippen LogP contribution in [0.1, 0.15) is 32.2 Å². The summed E-state index contributed by atoms with van der Waals surface area (Å²) in [6.07, 6.45) is 5.35. The molecule has 2 rings (SSSR count). The van der Waals surface area contributed by atoms with E-state index in [4.69, 9.17) is 9.47 Å². The van der Waals surface area contributed by atoms with Crippen molar-refractivity contribution in [2.24, 2.45) is 7.05 Å². The van der Waals surface area contributed by atoms with Crippen LogP contribution in [0.3, 0.4) is 0 Å². The molecule has 23 heavy (non-hydrogen) atoms. The topological polar surface area (TPSA) is 53.4 Å². The second-order valence-corrected chi connectivity index (χ2v) is 5.38. The summed E-state index contributed by atoms with van der Waals surface area (Å²) < 4.78 is 12.6. The number of nitrogens with zero attached hydrogens (tertiary/aromatic N) is 2. The Kier molecular flexibility index (Phi) is 5.57. The summed E-state index contributed by atoms with van der Waals surface area (Å²) in [7, 11) is 1.84. The van der Waals surface area contributed by atoms with Crippen LogP contribution >= 0.6 is 0 Å². The molecule has 0 spiro atoms. The molecule has 0 aliphatic heterocycles. The lowest BCUT2D eigenvalue weighted by atomic mass is 10.1. The van der Waals surface area contributed by atoms with Gasteiger partial charge in [-0.2, -0.15) is 0 Å². The minimum absolute atomic E-state index is 0.124. The van der Waals surface area contributed by atoms with E-state index in [-0.39, 0.29) is 12.1 Å². The summed E-state index contributed by atoms with van der Waals surface area (Å²) in [4.78, 5) is 16.5. The molecule has 0 unspecified atom stereocenters. The van der Waals surface area contributed by atoms with Gasteiger partial charge in [-0.15, -0.1) is 0 Å². The van der Waals surface area contributed by atoms with E-state index in [0.29, 0.717) is 18.0 Å². The third-order valence-electron chi connectivity index (χ3n) is 3.12. The van der Waals surface area contributed by atoms with E-state index in [1.54, 1.807) is 30.0 Å². The zero-order valence-electron chi connectivity index (χ0n) is 13.9. The number of hydrogen-bond donors (Lipinski definition) is 0. The first-order valence-electron chi connectivity index (χ1n) is 7.64. The van der Waals surface area contributed by atoms with E-state index in [1.165, 1.54) is 0 Å². The zero-order valence-corrected chi connectivity index (χ0v) is 13.9. The first-order valence-corrected chi connectivity index (χ1v) is 7.64. The van der Waals surface area contributed by atoms with Crippen molar-refractivity contribution in [1.29, 1.82) is 0 Å². The van der Waals surface area contributed by atoms with Gasteiger partial charge in [-0.05, 0) is 44.5 Å². The Morgan fingerprint density at radius 2 is 2.00 bits per heavy atom. The van der Waals surface area contributed by atoms with Crippen molar-refractivity contribution >= 4 is 17.6 Å². The highest BCUT2D eigenvalue weighted by Gasteiger charge is 2.17. The average molecular weight is 314 g/mol. The van der Waals surface area contributed by atoms with Crippen LogP contribution in [0.25, 0.3) is 11.6 Å². The Hall–Kier alpha value is -2.56. The van der Waals surface area contributed by atoms with Crippen LogP contribution in [-0.2, 0) is 16.6 Å². The third-order valence-corrected chi connectivity index (χ3v) is 3.12. The van der Waals surface area contributed by atoms with Gasteiger partial charge in [0.2, 0.25) is 0 Å². The van der Waals surface area contributed by atoms with Gasteiger partial charge in [-0.1, -0.05) is 12.1 Å². The number of carbonyl (C=O) groups is 1. The maximum Gasteiger partial charge on any atom is 0.341 e. The van der Waals surface area contributed by atoms with Crippen LogP contribution in [0.2, 0.25) is 0 Å². The quantitative estimate of drug-likeness (QED) is 0.606. The minimum atomic E-state index is -0.385. The van der Waals surface area contributed by atoms with Crippen LogP contribution in [0.5, 0.6) is 5.75 Å². The molecule has 0 bridgehead atoms. The van der Waals surface area contributed by atoms with Crippen LogP contribution in [0, 0.1) is 0 Å². The monoisotopic (exact) mass is 314 g/mol. The van der Waals surface area contributed by atoms with Gasteiger partial charge >= 0.3 is 5.97 Å². The molecule has 5 nitrogen and oxygen atoms in total. The molecule has 122 valence electrons. The lowest BCUT2D eigenvalue weighted by molar-refractivity contribution is -0.136. The molecule has 1 aromatic heterocycles. The first-order chi connectivity index (χ1) is 11.0. The minimum Gasteiger partial charge on any atom is -0.491 e. The van der Waals surface area contributed by atoms with E-state index < -0.39 is 0 Å². The lowest BCUT2D eigenvalue weighted by Crippen LogP contribution is -2.10. The van der Waals surface area contributed by atoms with Gasteiger partial charge in [-0.3, -0.25) is 0 Å². The molecule has 0 amide bonds. The van der Waals surface area contributed by atoms with Gasteiger partial charge in [0.25, 0.3) is 0 Å². The first kappa shape index (κ1) is 16.8. The SMILES string of the molecule is CCOC(=O)/C(=C\c1ccc(OC(C)C)cc1)c1nccn1C. The highest BCUT2D eigenvalue weighted by molar-refractivity contribution is 6.20. The molecule has 0 atom stereocenters. The molecule has 0 fully saturated rings. The molecule has 1 aromatic carbocycles. The summed E-state index contributed by atoms with van der Waals surface area (Å²) in [5, 5.41) is 0. The molecule has 2 aromatic rings. The van der Waals surface area contributed by atoms with Crippen molar-refractivity contribution in [1.82, 2.24) is 9.55 Å². The molecule has 0 saturated heterocycles. The van der Waals surface area contributed by atoms with E-state index >= 15 is 0 Å². The molecule has 0 saturated carbocycles. The molecular formula is C18H22N2O3. The van der Waals surface area contributed by atoms with Crippen LogP contribution < -0.4 is 4.74 Å². The summed E-state index contributed by atoms with van der Waals surface area (Å²) in [6, 6.07) is 7.57. The maximum absolute atomic E-state index is 12.2. The highest BCUT2D eigenvalue weighted by atomic mass is 16.5. The number of aryl methyl sites for hydroxylation is 1. The summed E-state index contributed by atoms with van der Waals surface area (Å²) in [6.45, 7) is 6.06. The Bertz CT molecular complexity index is 685. The predicted octanol–water partition coefficient (Wildman–Crippen LogP) is 3.31. The largest absolute Gasteiger partial charge is 0.491 e. The normalized spacial score (nSPS) is 11.6. The Labute approximate surface area is 136 Å².